The lowest BCUT2D eigenvalue weighted by Gasteiger charge is -2.44. The highest BCUT2D eigenvalue weighted by Gasteiger charge is 2.50. The summed E-state index contributed by atoms with van der Waals surface area (Å²) in [6, 6.07) is 22.0. The number of hydrogen-bond acceptors (Lipinski definition) is 7. The van der Waals surface area contributed by atoms with Crippen LogP contribution in [0.5, 0.6) is 0 Å². The van der Waals surface area contributed by atoms with E-state index in [0.717, 1.165) is 29.0 Å². The molecule has 0 aromatic heterocycles. The summed E-state index contributed by atoms with van der Waals surface area (Å²) >= 11 is 0. The van der Waals surface area contributed by atoms with Crippen LogP contribution in [0, 0.1) is 5.82 Å². The first-order valence-electron chi connectivity index (χ1n) is 22.5. The minimum absolute atomic E-state index is 0.0256. The normalized spacial score (nSPS) is 19.4. The van der Waals surface area contributed by atoms with Gasteiger partial charge in [-0.25, -0.2) is 4.39 Å². The van der Waals surface area contributed by atoms with Crippen molar-refractivity contribution in [3.8, 4) is 0 Å². The second kappa shape index (κ2) is 20.5. The van der Waals surface area contributed by atoms with E-state index in [1.807, 2.05) is 43.4 Å². The number of amides is 3. The number of nitrogens with zero attached hydrogens (tertiary/aromatic N) is 4. The molecule has 2 saturated heterocycles. The predicted octanol–water partition coefficient (Wildman–Crippen LogP) is 7.94. The lowest BCUT2D eigenvalue weighted by Crippen LogP contribution is -2.50. The van der Waals surface area contributed by atoms with Gasteiger partial charge >= 0.3 is 12.4 Å². The molecule has 0 radical (unpaired) electrons. The number of ether oxygens (including phenoxy) is 2. The average Bonchev–Trinajstić information content (AvgIpc) is 3.88. The van der Waals surface area contributed by atoms with Gasteiger partial charge in [0.2, 0.25) is 5.91 Å². The van der Waals surface area contributed by atoms with E-state index in [4.69, 9.17) is 9.47 Å². The van der Waals surface area contributed by atoms with Crippen LogP contribution >= 0.6 is 0 Å². The molecule has 2 fully saturated rings. The zero-order valence-electron chi connectivity index (χ0n) is 37.8. The van der Waals surface area contributed by atoms with Crippen LogP contribution in [-0.4, -0.2) is 124 Å². The zero-order chi connectivity index (χ0) is 48.1. The first-order valence-corrected chi connectivity index (χ1v) is 22.5. The van der Waals surface area contributed by atoms with E-state index in [1.165, 1.54) is 29.8 Å². The molecule has 0 bridgehead atoms. The van der Waals surface area contributed by atoms with E-state index in [2.05, 4.69) is 22.3 Å². The first-order chi connectivity index (χ1) is 31.8. The molecule has 67 heavy (non-hydrogen) atoms. The van der Waals surface area contributed by atoms with Crippen molar-refractivity contribution in [3.05, 3.63) is 141 Å². The van der Waals surface area contributed by atoms with Crippen LogP contribution in [0.4, 0.5) is 30.7 Å². The third-order valence-corrected chi connectivity index (χ3v) is 13.6. The summed E-state index contributed by atoms with van der Waals surface area (Å²) in [5.41, 5.74) is -0.993. The van der Waals surface area contributed by atoms with Crippen LogP contribution in [0.1, 0.15) is 79.8 Å². The molecule has 10 nitrogen and oxygen atoms in total. The van der Waals surface area contributed by atoms with Crippen molar-refractivity contribution in [1.29, 1.82) is 0 Å². The number of alkyl halides is 6. The number of carbonyl (C=O) groups is 3. The molecule has 7 rings (SSSR count). The molecule has 4 aromatic carbocycles. The number of nitrogens with one attached hydrogen (secondary N) is 1. The molecule has 17 heteroatoms. The Balaban J connectivity index is 0.962. The highest BCUT2D eigenvalue weighted by Crippen LogP contribution is 2.48. The highest BCUT2D eigenvalue weighted by molar-refractivity contribution is 5.95. The lowest BCUT2D eigenvalue weighted by molar-refractivity contribution is -0.143. The summed E-state index contributed by atoms with van der Waals surface area (Å²) in [6.45, 7) is 2.73. The molecule has 2 aliphatic heterocycles. The summed E-state index contributed by atoms with van der Waals surface area (Å²) in [5, 5.41) is 3.12. The van der Waals surface area contributed by atoms with E-state index in [1.54, 1.807) is 23.9 Å². The second-order valence-corrected chi connectivity index (χ2v) is 17.9. The topological polar surface area (TPSA) is 94.7 Å². The summed E-state index contributed by atoms with van der Waals surface area (Å²) in [5.74, 6) is -1.84. The Morgan fingerprint density at radius 1 is 0.836 bits per heavy atom. The maximum absolute atomic E-state index is 14.1. The fourth-order valence-corrected chi connectivity index (χ4v) is 9.65. The number of halogens is 7. The minimum Gasteiger partial charge on any atom is -0.367 e. The van der Waals surface area contributed by atoms with Gasteiger partial charge in [0.05, 0.1) is 23.8 Å². The molecular weight excluding hydrogens is 884 g/mol. The van der Waals surface area contributed by atoms with Gasteiger partial charge < -0.3 is 34.4 Å². The van der Waals surface area contributed by atoms with E-state index in [-0.39, 0.29) is 49.0 Å². The number of likely N-dealkylation sites (tertiary alicyclic amines) is 1. The smallest absolute Gasteiger partial charge is 0.367 e. The van der Waals surface area contributed by atoms with Crippen molar-refractivity contribution >= 4 is 17.7 Å². The quantitative estimate of drug-likeness (QED) is 0.114. The Bertz CT molecular complexity index is 2340. The van der Waals surface area contributed by atoms with Crippen molar-refractivity contribution in [2.45, 2.75) is 68.0 Å². The fourth-order valence-electron chi connectivity index (χ4n) is 9.65. The summed E-state index contributed by atoms with van der Waals surface area (Å²) < 4.78 is 109. The second-order valence-electron chi connectivity index (χ2n) is 17.9. The first kappa shape index (κ1) is 49.5. The summed E-state index contributed by atoms with van der Waals surface area (Å²) in [7, 11) is 5.38. The molecule has 0 saturated carbocycles. The third-order valence-electron chi connectivity index (χ3n) is 13.6. The van der Waals surface area contributed by atoms with Crippen molar-refractivity contribution in [2.75, 3.05) is 80.3 Å². The maximum atomic E-state index is 14.1. The average molecular weight is 940 g/mol. The zero-order valence-corrected chi connectivity index (χ0v) is 37.8. The summed E-state index contributed by atoms with van der Waals surface area (Å²) in [4.78, 5) is 46.7. The lowest BCUT2D eigenvalue weighted by atomic mass is 9.72. The van der Waals surface area contributed by atoms with Gasteiger partial charge in [-0.2, -0.15) is 26.3 Å². The van der Waals surface area contributed by atoms with Gasteiger partial charge in [-0.3, -0.25) is 14.4 Å². The van der Waals surface area contributed by atoms with Gasteiger partial charge in [0, 0.05) is 50.3 Å². The van der Waals surface area contributed by atoms with Gasteiger partial charge in [-0.05, 0) is 130 Å². The molecule has 1 spiro atoms. The largest absolute Gasteiger partial charge is 0.416 e. The third kappa shape index (κ3) is 11.3. The van der Waals surface area contributed by atoms with Crippen molar-refractivity contribution in [3.63, 3.8) is 0 Å². The number of benzene rings is 4. The molecule has 2 heterocycles. The van der Waals surface area contributed by atoms with Crippen molar-refractivity contribution < 1.29 is 54.6 Å². The Kier molecular flexibility index (Phi) is 15.1. The van der Waals surface area contributed by atoms with E-state index >= 15 is 0 Å². The number of rotatable bonds is 16. The number of likely N-dealkylation sites (N-methyl/N-ethyl adjacent to an activating group) is 2. The molecule has 1 aliphatic carbocycles. The Morgan fingerprint density at radius 3 is 2.12 bits per heavy atom. The molecule has 360 valence electrons. The molecule has 4 aromatic rings. The van der Waals surface area contributed by atoms with Gasteiger partial charge in [-0.15, -0.1) is 0 Å². The number of carbonyl (C=O) groups excluding carboxylic acids is 3. The van der Waals surface area contributed by atoms with E-state index < -0.39 is 53.1 Å². The molecular formula is C50H56F7N5O5. The number of hydrogen-bond donors (Lipinski definition) is 1. The Morgan fingerprint density at radius 2 is 1.48 bits per heavy atom. The molecule has 2 atom stereocenters. The van der Waals surface area contributed by atoms with Crippen LogP contribution < -0.4 is 5.32 Å². The summed E-state index contributed by atoms with van der Waals surface area (Å²) in [6.07, 6.45) is -6.77. The molecule has 1 N–H and O–H groups in total. The van der Waals surface area contributed by atoms with Gasteiger partial charge in [0.1, 0.15) is 24.8 Å². The monoisotopic (exact) mass is 939 g/mol. The fraction of sp³-hybridized carbons (Fsp3) is 0.460. The SMILES string of the molecule is CNCCc1ccc(C(=O)N(C)CCCN(C)C(=O)CO[C@H]2Cc3ccccc3C23CCN(CC[C@]2(c4ccc(F)cc4)CN(C(=O)c4cc(C(F)(F)F)cc(C(F)(F)F)c4)CO2)CC3)cc1. The van der Waals surface area contributed by atoms with Crippen LogP contribution in [0.3, 0.4) is 0 Å². The standard InChI is InChI=1S/C50H56F7N5O5/c1-58-21-17-34-9-11-35(12-10-34)45(64)60(3)23-6-22-59(2)44(63)31-66-43-29-36-7-4-5-8-42(36)47(43)18-24-61(25-19-47)26-20-48(38-13-15-41(51)16-14-38)32-62(33-67-48)46(65)37-27-39(49(52,53)54)30-40(28-37)50(55,56)57/h4-5,7-16,27-28,30,43,58H,6,17-26,29,31-33H2,1-3H3/t43-,48+/m0/s1. The van der Waals surface area contributed by atoms with Crippen LogP contribution in [0.25, 0.3) is 0 Å². The van der Waals surface area contributed by atoms with Gasteiger partial charge in [-0.1, -0.05) is 48.5 Å². The molecule has 3 amide bonds. The number of piperidine rings is 1. The highest BCUT2D eigenvalue weighted by atomic mass is 19.4. The van der Waals surface area contributed by atoms with E-state index in [9.17, 15) is 45.1 Å². The molecule has 3 aliphatic rings. The Labute approximate surface area is 386 Å². The van der Waals surface area contributed by atoms with Crippen LogP contribution in [0.2, 0.25) is 0 Å². The molecule has 0 unspecified atom stereocenters. The number of fused-ring (bicyclic) bond motifs is 2. The van der Waals surface area contributed by atoms with Crippen LogP contribution in [-0.2, 0) is 50.5 Å². The predicted molar refractivity (Wildman–Crippen MR) is 237 cm³/mol. The van der Waals surface area contributed by atoms with Crippen molar-refractivity contribution in [1.82, 2.24) is 24.9 Å². The maximum Gasteiger partial charge on any atom is 0.416 e. The Hall–Kier alpha value is -5.36. The van der Waals surface area contributed by atoms with Gasteiger partial charge in [0.15, 0.2) is 0 Å². The van der Waals surface area contributed by atoms with Gasteiger partial charge in [0.25, 0.3) is 11.8 Å². The minimum atomic E-state index is -5.13. The van der Waals surface area contributed by atoms with Crippen LogP contribution in [0.15, 0.2) is 91.0 Å². The van der Waals surface area contributed by atoms with E-state index in [0.29, 0.717) is 81.7 Å². The van der Waals surface area contributed by atoms with Crippen molar-refractivity contribution in [2.24, 2.45) is 0 Å².